The fraction of sp³-hybridized carbons (Fsp3) is 0.500. The van der Waals surface area contributed by atoms with Gasteiger partial charge in [-0.3, -0.25) is 4.79 Å². The van der Waals surface area contributed by atoms with Crippen LogP contribution in [0.1, 0.15) is 38.8 Å². The molecule has 0 aliphatic carbocycles. The smallest absolute Gasteiger partial charge is 0.355 e. The molecule has 1 aromatic carbocycles. The number of alkyl halides is 3. The van der Waals surface area contributed by atoms with Crippen LogP contribution in [0.3, 0.4) is 0 Å². The minimum absolute atomic E-state index is 0.178. The summed E-state index contributed by atoms with van der Waals surface area (Å²) in [6.45, 7) is 3.76. The van der Waals surface area contributed by atoms with Gasteiger partial charge in [0, 0.05) is 35.5 Å². The molecule has 0 aliphatic heterocycles. The lowest BCUT2D eigenvalue weighted by atomic mass is 10.2. The third-order valence-electron chi connectivity index (χ3n) is 4.40. The number of carbonyl (C=O) groups is 1. The van der Waals surface area contributed by atoms with E-state index in [1.54, 1.807) is 32.0 Å². The van der Waals surface area contributed by atoms with Gasteiger partial charge < -0.3 is 5.32 Å². The van der Waals surface area contributed by atoms with Crippen LogP contribution in [0.25, 0.3) is 10.9 Å². The monoisotopic (exact) mass is 477 g/mol. The van der Waals surface area contributed by atoms with E-state index in [0.717, 1.165) is 6.07 Å². The van der Waals surface area contributed by atoms with Gasteiger partial charge in [0.1, 0.15) is 5.69 Å². The van der Waals surface area contributed by atoms with E-state index in [1.165, 1.54) is 17.8 Å². The predicted molar refractivity (Wildman–Crippen MR) is 116 cm³/mol. The third kappa shape index (κ3) is 7.97. The largest absolute Gasteiger partial charge is 0.433 e. The highest BCUT2D eigenvalue weighted by atomic mass is 32.2. The van der Waals surface area contributed by atoms with Gasteiger partial charge in [0.05, 0.1) is 10.8 Å². The lowest BCUT2D eigenvalue weighted by molar-refractivity contribution is -0.141. The molecule has 11 heteroatoms. The zero-order valence-electron chi connectivity index (χ0n) is 17.3. The molecule has 0 bridgehead atoms. The average Bonchev–Trinajstić information content (AvgIpc) is 2.69. The van der Waals surface area contributed by atoms with Gasteiger partial charge in [-0.2, -0.15) is 13.2 Å². The number of unbranched alkanes of at least 4 members (excludes halogenated alkanes) is 1. The van der Waals surface area contributed by atoms with E-state index in [2.05, 4.69) is 15.0 Å². The summed E-state index contributed by atoms with van der Waals surface area (Å²) >= 11 is 1.23. The Bertz CT molecular complexity index is 996. The molecule has 0 saturated carbocycles. The number of aromatic nitrogens is 1. The number of hydrogen-bond acceptors (Lipinski definition) is 5. The maximum Gasteiger partial charge on any atom is 0.433 e. The first-order chi connectivity index (χ1) is 14.5. The van der Waals surface area contributed by atoms with Crippen molar-refractivity contribution < 1.29 is 26.4 Å². The van der Waals surface area contributed by atoms with Gasteiger partial charge in [0.15, 0.2) is 0 Å². The summed E-state index contributed by atoms with van der Waals surface area (Å²) in [5, 5.41) is 2.87. The van der Waals surface area contributed by atoms with Crippen LogP contribution in [0.5, 0.6) is 0 Å². The van der Waals surface area contributed by atoms with Crippen molar-refractivity contribution in [1.82, 2.24) is 15.0 Å². The Labute approximate surface area is 184 Å². The second kappa shape index (κ2) is 11.1. The van der Waals surface area contributed by atoms with E-state index in [-0.39, 0.29) is 24.4 Å². The lowest BCUT2D eigenvalue weighted by Crippen LogP contribution is -2.31. The van der Waals surface area contributed by atoms with Crippen LogP contribution in [-0.4, -0.2) is 43.4 Å². The molecule has 1 heterocycles. The number of nitrogens with zero attached hydrogens (tertiary/aromatic N) is 1. The van der Waals surface area contributed by atoms with Crippen molar-refractivity contribution in [2.75, 3.05) is 18.8 Å². The van der Waals surface area contributed by atoms with Crippen molar-refractivity contribution in [1.29, 1.82) is 0 Å². The van der Waals surface area contributed by atoms with Crippen molar-refractivity contribution in [2.45, 2.75) is 49.4 Å². The zero-order valence-corrected chi connectivity index (χ0v) is 19.0. The maximum absolute atomic E-state index is 13.1. The number of sulfonamides is 1. The van der Waals surface area contributed by atoms with Crippen LogP contribution < -0.4 is 10.0 Å². The number of hydrogen-bond donors (Lipinski definition) is 2. The highest BCUT2D eigenvalue weighted by Crippen LogP contribution is 2.34. The molecule has 0 saturated heterocycles. The molecular formula is C20H26F3N3O3S2. The molecule has 0 spiro atoms. The third-order valence-corrected chi connectivity index (χ3v) is 7.31. The standard InChI is InChI=1S/C20H26F3N3O3S2/c1-14(2)31(28,29)25-10-6-5-9-19(27)24-11-12-30-17-13-18(20(21,22)23)26-16-8-4-3-7-15(16)17/h3-4,7-8,13-14,25H,5-6,9-12H2,1-2H3,(H,24,27). The van der Waals surface area contributed by atoms with Crippen molar-refractivity contribution in [3.63, 3.8) is 0 Å². The summed E-state index contributed by atoms with van der Waals surface area (Å²) in [5.41, 5.74) is -0.664. The number of benzene rings is 1. The van der Waals surface area contributed by atoms with E-state index in [4.69, 9.17) is 0 Å². The van der Waals surface area contributed by atoms with Crippen LogP contribution in [0.15, 0.2) is 35.2 Å². The lowest BCUT2D eigenvalue weighted by Gasteiger charge is -2.12. The molecule has 0 aliphatic rings. The Morgan fingerprint density at radius 1 is 1.16 bits per heavy atom. The van der Waals surface area contributed by atoms with Crippen molar-refractivity contribution in [3.8, 4) is 0 Å². The molecule has 0 atom stereocenters. The van der Waals surface area contributed by atoms with Gasteiger partial charge >= 0.3 is 6.18 Å². The minimum atomic E-state index is -4.53. The number of nitrogens with one attached hydrogen (secondary N) is 2. The summed E-state index contributed by atoms with van der Waals surface area (Å²) < 4.78 is 65.0. The number of amides is 1. The molecule has 1 aromatic heterocycles. The van der Waals surface area contributed by atoms with Crippen LogP contribution in [0.2, 0.25) is 0 Å². The molecule has 172 valence electrons. The first-order valence-electron chi connectivity index (χ1n) is 9.85. The van der Waals surface area contributed by atoms with Gasteiger partial charge in [-0.25, -0.2) is 18.1 Å². The molecule has 2 rings (SSSR count). The first kappa shape index (κ1) is 25.4. The highest BCUT2D eigenvalue weighted by Gasteiger charge is 2.33. The van der Waals surface area contributed by atoms with Crippen LogP contribution in [-0.2, 0) is 21.0 Å². The topological polar surface area (TPSA) is 88.2 Å². The second-order valence-corrected chi connectivity index (χ2v) is 10.6. The summed E-state index contributed by atoms with van der Waals surface area (Å²) in [6.07, 6.45) is -3.21. The Morgan fingerprint density at radius 2 is 1.87 bits per heavy atom. The Hall–Kier alpha value is -1.85. The predicted octanol–water partition coefficient (Wildman–Crippen LogP) is 3.96. The van der Waals surface area contributed by atoms with Gasteiger partial charge in [0.2, 0.25) is 15.9 Å². The van der Waals surface area contributed by atoms with Gasteiger partial charge in [-0.1, -0.05) is 18.2 Å². The SMILES string of the molecule is CC(C)S(=O)(=O)NCCCCC(=O)NCCSc1cc(C(F)(F)F)nc2ccccc12. The second-order valence-electron chi connectivity index (χ2n) is 7.16. The Kier molecular flexibility index (Phi) is 9.14. The summed E-state index contributed by atoms with van der Waals surface area (Å²) in [5.74, 6) is 0.230. The fourth-order valence-electron chi connectivity index (χ4n) is 2.64. The molecule has 1 amide bonds. The van der Waals surface area contributed by atoms with E-state index in [0.29, 0.717) is 35.4 Å². The van der Waals surface area contributed by atoms with E-state index < -0.39 is 27.1 Å². The molecular weight excluding hydrogens is 451 g/mol. The minimum Gasteiger partial charge on any atom is -0.355 e. The number of halogens is 3. The van der Waals surface area contributed by atoms with Crippen LogP contribution in [0.4, 0.5) is 13.2 Å². The number of para-hydroxylation sites is 1. The van der Waals surface area contributed by atoms with E-state index in [9.17, 15) is 26.4 Å². The van der Waals surface area contributed by atoms with Crippen LogP contribution >= 0.6 is 11.8 Å². The van der Waals surface area contributed by atoms with Crippen molar-refractivity contribution in [2.24, 2.45) is 0 Å². The van der Waals surface area contributed by atoms with Crippen LogP contribution in [0, 0.1) is 0 Å². The number of pyridine rings is 1. The van der Waals surface area contributed by atoms with Gasteiger partial charge in [0.25, 0.3) is 0 Å². The van der Waals surface area contributed by atoms with Gasteiger partial charge in [-0.15, -0.1) is 11.8 Å². The van der Waals surface area contributed by atoms with E-state index >= 15 is 0 Å². The number of rotatable bonds is 11. The number of fused-ring (bicyclic) bond motifs is 1. The Balaban J connectivity index is 1.77. The number of carbonyl (C=O) groups excluding carboxylic acids is 1. The van der Waals surface area contributed by atoms with Crippen molar-refractivity contribution >= 4 is 38.6 Å². The summed E-state index contributed by atoms with van der Waals surface area (Å²) in [4.78, 5) is 16.1. The number of thioether (sulfide) groups is 1. The zero-order chi connectivity index (χ0) is 23.1. The average molecular weight is 478 g/mol. The highest BCUT2D eigenvalue weighted by molar-refractivity contribution is 7.99. The molecule has 0 fully saturated rings. The summed E-state index contributed by atoms with van der Waals surface area (Å²) in [6, 6.07) is 7.67. The Morgan fingerprint density at radius 3 is 2.55 bits per heavy atom. The summed E-state index contributed by atoms with van der Waals surface area (Å²) in [7, 11) is -3.30. The molecule has 0 unspecified atom stereocenters. The fourth-order valence-corrected chi connectivity index (χ4v) is 4.35. The van der Waals surface area contributed by atoms with Crippen molar-refractivity contribution in [3.05, 3.63) is 36.0 Å². The maximum atomic E-state index is 13.1. The molecule has 2 aromatic rings. The molecule has 6 nitrogen and oxygen atoms in total. The quantitative estimate of drug-likeness (QED) is 0.378. The molecule has 2 N–H and O–H groups in total. The van der Waals surface area contributed by atoms with Gasteiger partial charge in [-0.05, 0) is 38.8 Å². The normalized spacial score (nSPS) is 12.5. The first-order valence-corrected chi connectivity index (χ1v) is 12.4. The molecule has 31 heavy (non-hydrogen) atoms. The van der Waals surface area contributed by atoms with E-state index in [1.807, 2.05) is 0 Å². The molecule has 0 radical (unpaired) electrons.